The highest BCUT2D eigenvalue weighted by molar-refractivity contribution is 6.37. The number of hydrogen-bond acceptors (Lipinski definition) is 5. The van der Waals surface area contributed by atoms with E-state index in [0.29, 0.717) is 44.5 Å². The molecule has 0 atom stereocenters. The fraction of sp³-hybridized carbons (Fsp3) is 0.185. The summed E-state index contributed by atoms with van der Waals surface area (Å²) >= 11 is 12.4. The number of carbonyl (C=O) groups excluding carboxylic acids is 1. The Morgan fingerprint density at radius 3 is 2.45 bits per heavy atom. The van der Waals surface area contributed by atoms with E-state index in [1.54, 1.807) is 54.9 Å². The molecule has 8 nitrogen and oxygen atoms in total. The molecule has 13 heteroatoms. The maximum atomic E-state index is 14.1. The number of aryl methyl sites for hydroxylation is 1. The molecule has 0 fully saturated rings. The Hall–Kier alpha value is -4.09. The largest absolute Gasteiger partial charge is 0.497 e. The van der Waals surface area contributed by atoms with E-state index in [1.165, 1.54) is 7.11 Å². The number of nitrogens with zero attached hydrogens (tertiary/aromatic N) is 5. The van der Waals surface area contributed by atoms with Crippen molar-refractivity contribution >= 4 is 40.4 Å². The number of anilines is 1. The molecular weight excluding hydrogens is 568 g/mol. The molecule has 0 radical (unpaired) electrons. The van der Waals surface area contributed by atoms with Crippen molar-refractivity contribution in [3.8, 4) is 17.0 Å². The molecule has 1 N–H and O–H groups in total. The Morgan fingerprint density at radius 1 is 1.05 bits per heavy atom. The second kappa shape index (κ2) is 10.5. The molecule has 0 aliphatic rings. The van der Waals surface area contributed by atoms with Gasteiger partial charge in [-0.25, -0.2) is 9.50 Å². The maximum absolute atomic E-state index is 14.1. The van der Waals surface area contributed by atoms with Crippen LogP contribution in [0.15, 0.2) is 54.6 Å². The van der Waals surface area contributed by atoms with Crippen molar-refractivity contribution in [2.45, 2.75) is 26.6 Å². The van der Waals surface area contributed by atoms with Crippen LogP contribution in [0.25, 0.3) is 16.9 Å². The van der Waals surface area contributed by atoms with Crippen molar-refractivity contribution in [1.82, 2.24) is 24.4 Å². The van der Waals surface area contributed by atoms with Gasteiger partial charge in [-0.1, -0.05) is 47.5 Å². The summed E-state index contributed by atoms with van der Waals surface area (Å²) in [5.41, 5.74) is 0.973. The van der Waals surface area contributed by atoms with Crippen LogP contribution in [0.5, 0.6) is 5.75 Å². The summed E-state index contributed by atoms with van der Waals surface area (Å²) in [6.07, 6.45) is -4.81. The summed E-state index contributed by atoms with van der Waals surface area (Å²) in [6, 6.07) is 14.5. The predicted octanol–water partition coefficient (Wildman–Crippen LogP) is 6.84. The van der Waals surface area contributed by atoms with Gasteiger partial charge in [0.2, 0.25) is 0 Å². The van der Waals surface area contributed by atoms with Crippen molar-refractivity contribution in [1.29, 1.82) is 0 Å². The molecule has 1 amide bonds. The summed E-state index contributed by atoms with van der Waals surface area (Å²) in [4.78, 5) is 17.6. The van der Waals surface area contributed by atoms with E-state index in [4.69, 9.17) is 27.9 Å². The van der Waals surface area contributed by atoms with Crippen molar-refractivity contribution in [2.75, 3.05) is 12.4 Å². The van der Waals surface area contributed by atoms with E-state index in [2.05, 4.69) is 20.5 Å². The summed E-state index contributed by atoms with van der Waals surface area (Å²) in [5, 5.41) is 11.4. The quantitative estimate of drug-likeness (QED) is 0.234. The Bertz CT molecular complexity index is 1750. The van der Waals surface area contributed by atoms with Gasteiger partial charge < -0.3 is 10.1 Å². The van der Waals surface area contributed by atoms with Crippen LogP contribution in [-0.4, -0.2) is 37.4 Å². The van der Waals surface area contributed by atoms with Gasteiger partial charge in [0.25, 0.3) is 5.91 Å². The van der Waals surface area contributed by atoms with Crippen LogP contribution in [0.2, 0.25) is 10.0 Å². The number of nitrogens with one attached hydrogen (secondary N) is 1. The minimum Gasteiger partial charge on any atom is -0.497 e. The molecule has 0 bridgehead atoms. The van der Waals surface area contributed by atoms with E-state index < -0.39 is 23.5 Å². The Labute approximate surface area is 236 Å². The van der Waals surface area contributed by atoms with Crippen LogP contribution in [0.3, 0.4) is 0 Å². The molecule has 40 heavy (non-hydrogen) atoms. The average molecular weight is 589 g/mol. The Balaban J connectivity index is 1.52. The Kier molecular flexibility index (Phi) is 7.19. The van der Waals surface area contributed by atoms with Gasteiger partial charge in [0, 0.05) is 10.6 Å². The second-order valence-corrected chi connectivity index (χ2v) is 9.75. The summed E-state index contributed by atoms with van der Waals surface area (Å²) in [5.74, 6) is -0.362. The number of carbonyl (C=O) groups is 1. The number of amides is 1. The van der Waals surface area contributed by atoms with Crippen LogP contribution in [0.1, 0.15) is 33.1 Å². The molecule has 0 unspecified atom stereocenters. The average Bonchev–Trinajstić information content (AvgIpc) is 3.39. The number of rotatable bonds is 6. The lowest BCUT2D eigenvalue weighted by Crippen LogP contribution is -2.16. The third-order valence-electron chi connectivity index (χ3n) is 6.27. The van der Waals surface area contributed by atoms with Crippen LogP contribution < -0.4 is 10.1 Å². The fourth-order valence-electron chi connectivity index (χ4n) is 4.24. The summed E-state index contributed by atoms with van der Waals surface area (Å²) in [7, 11) is 1.44. The summed E-state index contributed by atoms with van der Waals surface area (Å²) in [6.45, 7) is 3.89. The first kappa shape index (κ1) is 27.5. The second-order valence-electron chi connectivity index (χ2n) is 8.94. The van der Waals surface area contributed by atoms with E-state index in [0.717, 1.165) is 11.6 Å². The van der Waals surface area contributed by atoms with Gasteiger partial charge in [-0.3, -0.25) is 9.48 Å². The lowest BCUT2D eigenvalue weighted by atomic mass is 10.1. The number of halogens is 5. The third-order valence-corrected chi connectivity index (χ3v) is 6.87. The number of ether oxygens (including phenoxy) is 1. The molecule has 0 saturated heterocycles. The molecule has 0 spiro atoms. The molecule has 0 aliphatic carbocycles. The SMILES string of the molecule is COc1cccc(-c2cc(C(F)(F)F)n3nc(C(=O)Nc4c(C)nn(Cc5ccc(Cl)cc5)c4C)c(Cl)c3n2)c1. The minimum atomic E-state index is -4.81. The van der Waals surface area contributed by atoms with Crippen LogP contribution in [0, 0.1) is 13.8 Å². The molecule has 5 aromatic rings. The smallest absolute Gasteiger partial charge is 0.433 e. The van der Waals surface area contributed by atoms with Gasteiger partial charge in [-0.15, -0.1) is 0 Å². The predicted molar refractivity (Wildman–Crippen MR) is 145 cm³/mol. The standard InChI is InChI=1S/C27H21Cl2F3N6O2/c1-14-23(15(2)37(35-14)13-16-7-9-18(28)10-8-16)34-26(39)24-22(29)25-33-20(17-5-4-6-19(11-17)40-3)12-21(27(30,31)32)38(25)36-24/h4-12H,13H2,1-3H3,(H,34,39). The van der Waals surface area contributed by atoms with E-state index in [1.807, 2.05) is 12.1 Å². The first-order chi connectivity index (χ1) is 19.0. The maximum Gasteiger partial charge on any atom is 0.433 e. The van der Waals surface area contributed by atoms with E-state index in [-0.39, 0.29) is 16.4 Å². The molecular formula is C27H21Cl2F3N6O2. The molecule has 3 aromatic heterocycles. The molecule has 3 heterocycles. The number of methoxy groups -OCH3 is 1. The van der Waals surface area contributed by atoms with Gasteiger partial charge in [0.05, 0.1) is 36.4 Å². The Morgan fingerprint density at radius 2 is 1.77 bits per heavy atom. The lowest BCUT2D eigenvalue weighted by molar-refractivity contribution is -0.142. The normalized spacial score (nSPS) is 11.7. The van der Waals surface area contributed by atoms with Crippen molar-refractivity contribution in [2.24, 2.45) is 0 Å². The highest BCUT2D eigenvalue weighted by Crippen LogP contribution is 2.35. The minimum absolute atomic E-state index is 0.0114. The molecule has 5 rings (SSSR count). The zero-order chi connectivity index (χ0) is 28.8. The van der Waals surface area contributed by atoms with E-state index in [9.17, 15) is 18.0 Å². The van der Waals surface area contributed by atoms with Crippen LogP contribution in [0.4, 0.5) is 18.9 Å². The number of fused-ring (bicyclic) bond motifs is 1. The first-order valence-electron chi connectivity index (χ1n) is 11.9. The van der Waals surface area contributed by atoms with Crippen molar-refractivity contribution < 1.29 is 22.7 Å². The van der Waals surface area contributed by atoms with Gasteiger partial charge in [-0.05, 0) is 49.7 Å². The highest BCUT2D eigenvalue weighted by Gasteiger charge is 2.37. The zero-order valence-electron chi connectivity index (χ0n) is 21.3. The number of benzene rings is 2. The van der Waals surface area contributed by atoms with Gasteiger partial charge >= 0.3 is 6.18 Å². The topological polar surface area (TPSA) is 86.3 Å². The molecule has 2 aromatic carbocycles. The van der Waals surface area contributed by atoms with Crippen molar-refractivity contribution in [3.05, 3.63) is 93.0 Å². The monoisotopic (exact) mass is 588 g/mol. The van der Waals surface area contributed by atoms with E-state index >= 15 is 0 Å². The molecule has 0 aliphatic heterocycles. The number of hydrogen-bond donors (Lipinski definition) is 1. The van der Waals surface area contributed by atoms with Crippen LogP contribution in [-0.2, 0) is 12.7 Å². The number of aromatic nitrogens is 5. The number of alkyl halides is 3. The van der Waals surface area contributed by atoms with Gasteiger partial charge in [0.1, 0.15) is 10.8 Å². The molecule has 206 valence electrons. The first-order valence-corrected chi connectivity index (χ1v) is 12.6. The highest BCUT2D eigenvalue weighted by atomic mass is 35.5. The lowest BCUT2D eigenvalue weighted by Gasteiger charge is -2.11. The summed E-state index contributed by atoms with van der Waals surface area (Å²) < 4.78 is 49.7. The zero-order valence-corrected chi connectivity index (χ0v) is 22.9. The van der Waals surface area contributed by atoms with Gasteiger partial charge in [0.15, 0.2) is 17.0 Å². The third kappa shape index (κ3) is 5.22. The van der Waals surface area contributed by atoms with Gasteiger partial charge in [-0.2, -0.15) is 23.4 Å². The fourth-order valence-corrected chi connectivity index (χ4v) is 4.61. The molecule has 0 saturated carbocycles. The van der Waals surface area contributed by atoms with Crippen molar-refractivity contribution in [3.63, 3.8) is 0 Å². The van der Waals surface area contributed by atoms with Crippen LogP contribution >= 0.6 is 23.2 Å².